The fraction of sp³-hybridized carbons (Fsp3) is 0.250. The molecule has 0 amide bonds. The van der Waals surface area contributed by atoms with E-state index in [0.29, 0.717) is 12.4 Å². The number of anilines is 1. The zero-order valence-corrected chi connectivity index (χ0v) is 8.86. The van der Waals surface area contributed by atoms with E-state index in [2.05, 4.69) is 28.4 Å². The molecule has 2 aromatic rings. The molecule has 0 atom stereocenters. The van der Waals surface area contributed by atoms with Gasteiger partial charge in [-0.25, -0.2) is 0 Å². The molecule has 4 nitrogen and oxygen atoms in total. The van der Waals surface area contributed by atoms with Crippen molar-refractivity contribution in [1.29, 1.82) is 0 Å². The second kappa shape index (κ2) is 3.64. The fourth-order valence-electron chi connectivity index (χ4n) is 2.12. The number of nitrogens with two attached hydrogens (primary N) is 1. The van der Waals surface area contributed by atoms with E-state index in [-0.39, 0.29) is 0 Å². The molecule has 16 heavy (non-hydrogen) atoms. The third-order valence-corrected chi connectivity index (χ3v) is 2.92. The number of nitrogens with zero attached hydrogens (tertiary/aromatic N) is 1. The Kier molecular flexibility index (Phi) is 2.15. The number of aromatic amines is 1. The van der Waals surface area contributed by atoms with Crippen molar-refractivity contribution in [3.63, 3.8) is 0 Å². The fourth-order valence-corrected chi connectivity index (χ4v) is 2.12. The zero-order chi connectivity index (χ0) is 11.0. The molecule has 0 saturated heterocycles. The topological polar surface area (TPSA) is 63.9 Å². The predicted octanol–water partition coefficient (Wildman–Crippen LogP) is 1.73. The minimum atomic E-state index is 0.518. The van der Waals surface area contributed by atoms with Crippen LogP contribution in [0.4, 0.5) is 5.82 Å². The molecule has 1 aliphatic heterocycles. The monoisotopic (exact) mass is 215 g/mol. The Bertz CT molecular complexity index is 519. The average molecular weight is 215 g/mol. The first-order chi connectivity index (χ1) is 7.84. The number of hydrogen-bond acceptors (Lipinski definition) is 3. The van der Waals surface area contributed by atoms with Crippen molar-refractivity contribution in [2.24, 2.45) is 0 Å². The molecule has 0 saturated carbocycles. The lowest BCUT2D eigenvalue weighted by atomic mass is 9.96. The number of hydrogen-bond donors (Lipinski definition) is 2. The van der Waals surface area contributed by atoms with Crippen molar-refractivity contribution in [3.8, 4) is 11.3 Å². The first-order valence-corrected chi connectivity index (χ1v) is 5.34. The van der Waals surface area contributed by atoms with Gasteiger partial charge in [0.2, 0.25) is 0 Å². The standard InChI is InChI=1S/C12H13N3O/c13-12-6-11(14-15-12)9-3-1-2-8-4-5-16-7-10(8)9/h1-3,6H,4-5,7H2,(H3,13,14,15). The second-order valence-corrected chi connectivity index (χ2v) is 3.95. The van der Waals surface area contributed by atoms with Crippen LogP contribution >= 0.6 is 0 Å². The number of H-pyrrole nitrogens is 1. The van der Waals surface area contributed by atoms with Gasteiger partial charge in [0, 0.05) is 11.6 Å². The predicted molar refractivity (Wildman–Crippen MR) is 61.8 cm³/mol. The number of rotatable bonds is 1. The van der Waals surface area contributed by atoms with Crippen molar-refractivity contribution in [3.05, 3.63) is 35.4 Å². The molecule has 1 aromatic carbocycles. The Hall–Kier alpha value is -1.81. The molecule has 0 unspecified atom stereocenters. The summed E-state index contributed by atoms with van der Waals surface area (Å²) in [5.74, 6) is 0.518. The van der Waals surface area contributed by atoms with Crippen LogP contribution in [0.2, 0.25) is 0 Å². The highest BCUT2D eigenvalue weighted by Crippen LogP contribution is 2.28. The van der Waals surface area contributed by atoms with Gasteiger partial charge < -0.3 is 10.5 Å². The summed E-state index contributed by atoms with van der Waals surface area (Å²) in [7, 11) is 0. The third-order valence-electron chi connectivity index (χ3n) is 2.92. The molecule has 0 fully saturated rings. The highest BCUT2D eigenvalue weighted by atomic mass is 16.5. The third kappa shape index (κ3) is 1.47. The molecule has 3 rings (SSSR count). The van der Waals surface area contributed by atoms with E-state index >= 15 is 0 Å². The van der Waals surface area contributed by atoms with Crippen LogP contribution in [0.3, 0.4) is 0 Å². The highest BCUT2D eigenvalue weighted by molar-refractivity contribution is 5.67. The van der Waals surface area contributed by atoms with Gasteiger partial charge in [-0.15, -0.1) is 0 Å². The summed E-state index contributed by atoms with van der Waals surface area (Å²) in [5, 5.41) is 6.90. The molecule has 0 radical (unpaired) electrons. The molecule has 1 aromatic heterocycles. The molecule has 0 aliphatic carbocycles. The van der Waals surface area contributed by atoms with Gasteiger partial charge in [-0.3, -0.25) is 5.10 Å². The molecular weight excluding hydrogens is 202 g/mol. The maximum absolute atomic E-state index is 5.62. The Morgan fingerprint density at radius 3 is 3.12 bits per heavy atom. The van der Waals surface area contributed by atoms with Crippen LogP contribution in [0.1, 0.15) is 11.1 Å². The Morgan fingerprint density at radius 1 is 1.38 bits per heavy atom. The number of nitrogen functional groups attached to an aromatic ring is 1. The minimum absolute atomic E-state index is 0.518. The van der Waals surface area contributed by atoms with Crippen LogP contribution in [0.25, 0.3) is 11.3 Å². The summed E-state index contributed by atoms with van der Waals surface area (Å²) >= 11 is 0. The largest absolute Gasteiger partial charge is 0.382 e. The van der Waals surface area contributed by atoms with Crippen LogP contribution in [0.15, 0.2) is 24.3 Å². The Morgan fingerprint density at radius 2 is 2.31 bits per heavy atom. The first-order valence-electron chi connectivity index (χ1n) is 5.34. The molecule has 0 bridgehead atoms. The summed E-state index contributed by atoms with van der Waals surface area (Å²) in [6.45, 7) is 1.48. The van der Waals surface area contributed by atoms with Crippen LogP contribution in [0, 0.1) is 0 Å². The van der Waals surface area contributed by atoms with E-state index in [1.54, 1.807) is 0 Å². The average Bonchev–Trinajstić information content (AvgIpc) is 2.75. The highest BCUT2D eigenvalue weighted by Gasteiger charge is 2.15. The zero-order valence-electron chi connectivity index (χ0n) is 8.86. The number of ether oxygens (including phenoxy) is 1. The maximum Gasteiger partial charge on any atom is 0.145 e. The van der Waals surface area contributed by atoms with Gasteiger partial charge in [0.1, 0.15) is 5.82 Å². The number of nitrogens with one attached hydrogen (secondary N) is 1. The van der Waals surface area contributed by atoms with Crippen LogP contribution in [-0.4, -0.2) is 16.8 Å². The van der Waals surface area contributed by atoms with Crippen molar-refractivity contribution >= 4 is 5.82 Å². The number of fused-ring (bicyclic) bond motifs is 1. The van der Waals surface area contributed by atoms with Crippen molar-refractivity contribution in [2.45, 2.75) is 13.0 Å². The Labute approximate surface area is 93.4 Å². The van der Waals surface area contributed by atoms with Crippen molar-refractivity contribution in [1.82, 2.24) is 10.2 Å². The summed E-state index contributed by atoms with van der Waals surface area (Å²) in [4.78, 5) is 0. The molecule has 4 heteroatoms. The van der Waals surface area contributed by atoms with Gasteiger partial charge in [0.15, 0.2) is 0 Å². The van der Waals surface area contributed by atoms with Gasteiger partial charge >= 0.3 is 0 Å². The van der Waals surface area contributed by atoms with Gasteiger partial charge in [0.05, 0.1) is 18.9 Å². The lowest BCUT2D eigenvalue weighted by Crippen LogP contribution is -2.10. The summed E-state index contributed by atoms with van der Waals surface area (Å²) < 4.78 is 5.50. The van der Waals surface area contributed by atoms with Crippen LogP contribution in [0.5, 0.6) is 0 Å². The smallest absolute Gasteiger partial charge is 0.145 e. The molecule has 2 heterocycles. The first kappa shape index (κ1) is 9.42. The second-order valence-electron chi connectivity index (χ2n) is 3.95. The van der Waals surface area contributed by atoms with E-state index in [9.17, 15) is 0 Å². The van der Waals surface area contributed by atoms with Gasteiger partial charge in [-0.2, -0.15) is 5.10 Å². The van der Waals surface area contributed by atoms with E-state index < -0.39 is 0 Å². The molecule has 1 aliphatic rings. The SMILES string of the molecule is Nc1cc(-c2cccc3c2COCC3)[nH]n1. The van der Waals surface area contributed by atoms with E-state index in [4.69, 9.17) is 10.5 Å². The lowest BCUT2D eigenvalue weighted by molar-refractivity contribution is 0.111. The molecule has 82 valence electrons. The quantitative estimate of drug-likeness (QED) is 0.761. The molecule has 3 N–H and O–H groups in total. The molecular formula is C12H13N3O. The van der Waals surface area contributed by atoms with E-state index in [1.165, 1.54) is 11.1 Å². The normalized spacial score (nSPS) is 14.8. The molecule has 0 spiro atoms. The van der Waals surface area contributed by atoms with Crippen LogP contribution in [-0.2, 0) is 17.8 Å². The van der Waals surface area contributed by atoms with Crippen molar-refractivity contribution < 1.29 is 4.74 Å². The van der Waals surface area contributed by atoms with Gasteiger partial charge in [0.25, 0.3) is 0 Å². The minimum Gasteiger partial charge on any atom is -0.382 e. The van der Waals surface area contributed by atoms with Crippen molar-refractivity contribution in [2.75, 3.05) is 12.3 Å². The number of benzene rings is 1. The van der Waals surface area contributed by atoms with E-state index in [1.807, 2.05) is 6.07 Å². The van der Waals surface area contributed by atoms with Crippen LogP contribution < -0.4 is 5.73 Å². The number of aromatic nitrogens is 2. The van der Waals surface area contributed by atoms with Gasteiger partial charge in [-0.05, 0) is 17.5 Å². The maximum atomic E-state index is 5.62. The van der Waals surface area contributed by atoms with E-state index in [0.717, 1.165) is 24.3 Å². The summed E-state index contributed by atoms with van der Waals surface area (Å²) in [6, 6.07) is 8.14. The van der Waals surface area contributed by atoms with Gasteiger partial charge in [-0.1, -0.05) is 18.2 Å². The Balaban J connectivity index is 2.13. The lowest BCUT2D eigenvalue weighted by Gasteiger charge is -2.18. The summed E-state index contributed by atoms with van der Waals surface area (Å²) in [6.07, 6.45) is 0.979. The summed E-state index contributed by atoms with van der Waals surface area (Å²) in [5.41, 5.74) is 10.3.